The van der Waals surface area contributed by atoms with Gasteiger partial charge in [0, 0.05) is 9.35 Å². The summed E-state index contributed by atoms with van der Waals surface area (Å²) in [6, 6.07) is 7.53. The van der Waals surface area contributed by atoms with Gasteiger partial charge in [0.15, 0.2) is 0 Å². The molecule has 1 atom stereocenters. The molecule has 0 amide bonds. The maximum absolute atomic E-state index is 6.02. The molecule has 0 saturated carbocycles. The van der Waals surface area contributed by atoms with E-state index < -0.39 is 0 Å². The van der Waals surface area contributed by atoms with E-state index in [-0.39, 0.29) is 6.04 Å². The average Bonchev–Trinajstić information content (AvgIpc) is 2.79. The van der Waals surface area contributed by atoms with E-state index in [1.165, 1.54) is 0 Å². The molecule has 1 aromatic carbocycles. The molecule has 1 aromatic heterocycles. The zero-order valence-electron chi connectivity index (χ0n) is 9.61. The van der Waals surface area contributed by atoms with E-state index in [1.54, 1.807) is 18.4 Å². The van der Waals surface area contributed by atoms with Crippen LogP contribution in [0.15, 0.2) is 34.1 Å². The lowest BCUT2D eigenvalue weighted by atomic mass is 10.1. The van der Waals surface area contributed by atoms with E-state index in [9.17, 15) is 0 Å². The Kier molecular flexibility index (Phi) is 4.64. The molecule has 0 saturated heterocycles. The number of hydrogen-bond acceptors (Lipinski definition) is 4. The summed E-state index contributed by atoms with van der Waals surface area (Å²) >= 11 is 11.2. The summed E-state index contributed by atoms with van der Waals surface area (Å²) in [7, 11) is 1.59. The standard InChI is InChI=1S/C12H12BrClN2OS/c1-17-10-6-7(2-3-9(10)14)11(16-15)12-8(13)4-5-18-12/h2-6,11,16H,15H2,1H3. The van der Waals surface area contributed by atoms with E-state index in [0.717, 1.165) is 14.9 Å². The number of hydrazine groups is 1. The first-order chi connectivity index (χ1) is 8.67. The molecule has 0 radical (unpaired) electrons. The normalized spacial score (nSPS) is 12.4. The molecule has 2 aromatic rings. The van der Waals surface area contributed by atoms with Crippen molar-refractivity contribution in [2.24, 2.45) is 5.84 Å². The zero-order valence-corrected chi connectivity index (χ0v) is 12.8. The predicted octanol–water partition coefficient (Wildman–Crippen LogP) is 3.73. The largest absolute Gasteiger partial charge is 0.495 e. The lowest BCUT2D eigenvalue weighted by Crippen LogP contribution is -2.28. The van der Waals surface area contributed by atoms with Crippen molar-refractivity contribution in [3.63, 3.8) is 0 Å². The molecular weight excluding hydrogens is 336 g/mol. The topological polar surface area (TPSA) is 47.3 Å². The minimum atomic E-state index is -0.0921. The Morgan fingerprint density at radius 2 is 2.22 bits per heavy atom. The van der Waals surface area contributed by atoms with Gasteiger partial charge in [0.25, 0.3) is 0 Å². The SMILES string of the molecule is COc1cc(C(NN)c2sccc2Br)ccc1Cl. The van der Waals surface area contributed by atoms with Gasteiger partial charge in [-0.1, -0.05) is 17.7 Å². The van der Waals surface area contributed by atoms with Gasteiger partial charge in [-0.05, 0) is 45.1 Å². The Balaban J connectivity index is 2.42. The molecule has 1 unspecified atom stereocenters. The number of halogens is 2. The molecule has 0 aliphatic carbocycles. The number of ether oxygens (including phenoxy) is 1. The Bertz CT molecular complexity index is 547. The number of nitrogens with two attached hydrogens (primary N) is 1. The van der Waals surface area contributed by atoms with Gasteiger partial charge in [-0.3, -0.25) is 5.84 Å². The summed E-state index contributed by atoms with van der Waals surface area (Å²) in [6.45, 7) is 0. The quantitative estimate of drug-likeness (QED) is 0.654. The highest BCUT2D eigenvalue weighted by Gasteiger charge is 2.18. The van der Waals surface area contributed by atoms with Crippen LogP contribution in [0.25, 0.3) is 0 Å². The summed E-state index contributed by atoms with van der Waals surface area (Å²) in [5.41, 5.74) is 3.82. The van der Waals surface area contributed by atoms with Crippen LogP contribution in [0.2, 0.25) is 5.02 Å². The fourth-order valence-corrected chi connectivity index (χ4v) is 3.57. The Morgan fingerprint density at radius 3 is 2.78 bits per heavy atom. The van der Waals surface area contributed by atoms with E-state index in [2.05, 4.69) is 21.4 Å². The molecule has 0 aliphatic rings. The highest BCUT2D eigenvalue weighted by atomic mass is 79.9. The second-order valence-corrected chi connectivity index (χ2v) is 5.84. The predicted molar refractivity (Wildman–Crippen MR) is 79.2 cm³/mol. The van der Waals surface area contributed by atoms with Crippen LogP contribution in [0.5, 0.6) is 5.75 Å². The second kappa shape index (κ2) is 6.04. The van der Waals surface area contributed by atoms with E-state index in [4.69, 9.17) is 22.2 Å². The molecule has 6 heteroatoms. The van der Waals surface area contributed by atoms with E-state index in [1.807, 2.05) is 29.6 Å². The van der Waals surface area contributed by atoms with Crippen LogP contribution < -0.4 is 16.0 Å². The van der Waals surface area contributed by atoms with Gasteiger partial charge in [-0.2, -0.15) is 0 Å². The lowest BCUT2D eigenvalue weighted by molar-refractivity contribution is 0.414. The van der Waals surface area contributed by atoms with Gasteiger partial charge < -0.3 is 4.74 Å². The number of benzene rings is 1. The summed E-state index contributed by atoms with van der Waals surface area (Å²) in [5, 5.41) is 2.60. The van der Waals surface area contributed by atoms with Crippen molar-refractivity contribution in [2.75, 3.05) is 7.11 Å². The summed E-state index contributed by atoms with van der Waals surface area (Å²) in [6.07, 6.45) is 0. The van der Waals surface area contributed by atoms with Gasteiger partial charge in [0.2, 0.25) is 0 Å². The van der Waals surface area contributed by atoms with Crippen molar-refractivity contribution < 1.29 is 4.74 Å². The van der Waals surface area contributed by atoms with E-state index in [0.29, 0.717) is 10.8 Å². The molecular formula is C12H12BrClN2OS. The fraction of sp³-hybridized carbons (Fsp3) is 0.167. The highest BCUT2D eigenvalue weighted by molar-refractivity contribution is 9.10. The smallest absolute Gasteiger partial charge is 0.137 e. The molecule has 1 heterocycles. The molecule has 0 bridgehead atoms. The van der Waals surface area contributed by atoms with Crippen molar-refractivity contribution in [3.05, 3.63) is 49.6 Å². The summed E-state index contributed by atoms with van der Waals surface area (Å²) in [4.78, 5) is 1.11. The highest BCUT2D eigenvalue weighted by Crippen LogP contribution is 2.35. The van der Waals surface area contributed by atoms with Crippen LogP contribution in [-0.2, 0) is 0 Å². The van der Waals surface area contributed by atoms with Gasteiger partial charge >= 0.3 is 0 Å². The van der Waals surface area contributed by atoms with Crippen molar-refractivity contribution in [3.8, 4) is 5.75 Å². The average molecular weight is 348 g/mol. The molecule has 3 nitrogen and oxygen atoms in total. The minimum Gasteiger partial charge on any atom is -0.495 e. The first-order valence-corrected chi connectivity index (χ1v) is 7.25. The van der Waals surface area contributed by atoms with Crippen LogP contribution in [-0.4, -0.2) is 7.11 Å². The molecule has 96 valence electrons. The second-order valence-electron chi connectivity index (χ2n) is 3.63. The number of nitrogens with one attached hydrogen (secondary N) is 1. The minimum absolute atomic E-state index is 0.0921. The lowest BCUT2D eigenvalue weighted by Gasteiger charge is -2.17. The van der Waals surface area contributed by atoms with Crippen LogP contribution >= 0.6 is 38.9 Å². The van der Waals surface area contributed by atoms with Crippen LogP contribution in [0.4, 0.5) is 0 Å². The maximum atomic E-state index is 6.02. The van der Waals surface area contributed by atoms with E-state index >= 15 is 0 Å². The Hall–Kier alpha value is -0.590. The third-order valence-electron chi connectivity index (χ3n) is 2.58. The number of thiophene rings is 1. The van der Waals surface area contributed by atoms with Gasteiger partial charge in [0.1, 0.15) is 5.75 Å². The zero-order chi connectivity index (χ0) is 13.1. The molecule has 0 aliphatic heterocycles. The summed E-state index contributed by atoms with van der Waals surface area (Å²) < 4.78 is 6.25. The van der Waals surface area contributed by atoms with Crippen molar-refractivity contribution in [2.45, 2.75) is 6.04 Å². The number of rotatable bonds is 4. The third-order valence-corrected chi connectivity index (χ3v) is 4.83. The van der Waals surface area contributed by atoms with Gasteiger partial charge in [-0.15, -0.1) is 11.3 Å². The first kappa shape index (κ1) is 13.8. The molecule has 3 N–H and O–H groups in total. The van der Waals surface area contributed by atoms with Crippen LogP contribution in [0.1, 0.15) is 16.5 Å². The molecule has 2 rings (SSSR count). The maximum Gasteiger partial charge on any atom is 0.137 e. The number of methoxy groups -OCH3 is 1. The third kappa shape index (κ3) is 2.70. The van der Waals surface area contributed by atoms with Crippen LogP contribution in [0, 0.1) is 0 Å². The van der Waals surface area contributed by atoms with Gasteiger partial charge in [-0.25, -0.2) is 5.43 Å². The first-order valence-electron chi connectivity index (χ1n) is 5.19. The molecule has 18 heavy (non-hydrogen) atoms. The Morgan fingerprint density at radius 1 is 1.44 bits per heavy atom. The summed E-state index contributed by atoms with van der Waals surface area (Å²) in [5.74, 6) is 6.30. The Labute approximate surface area is 123 Å². The van der Waals surface area contributed by atoms with Crippen molar-refractivity contribution in [1.82, 2.24) is 5.43 Å². The van der Waals surface area contributed by atoms with Crippen molar-refractivity contribution >= 4 is 38.9 Å². The fourth-order valence-electron chi connectivity index (χ4n) is 1.69. The molecule has 0 spiro atoms. The van der Waals surface area contributed by atoms with Crippen LogP contribution in [0.3, 0.4) is 0 Å². The monoisotopic (exact) mass is 346 g/mol. The van der Waals surface area contributed by atoms with Gasteiger partial charge in [0.05, 0.1) is 18.2 Å². The molecule has 0 fully saturated rings. The number of hydrogen-bond donors (Lipinski definition) is 2. The van der Waals surface area contributed by atoms with Crippen molar-refractivity contribution in [1.29, 1.82) is 0 Å².